The second kappa shape index (κ2) is 6.05. The molecule has 1 N–H and O–H groups in total. The number of aromatic amines is 1. The molecule has 2 aromatic rings. The Balaban J connectivity index is 1.50. The van der Waals surface area contributed by atoms with E-state index in [1.54, 1.807) is 11.3 Å². The number of nitrogens with zero attached hydrogens (tertiary/aromatic N) is 3. The lowest BCUT2D eigenvalue weighted by molar-refractivity contribution is -0.0265. The van der Waals surface area contributed by atoms with Crippen LogP contribution in [0.1, 0.15) is 50.7 Å². The van der Waals surface area contributed by atoms with Crippen molar-refractivity contribution in [2.45, 2.75) is 38.7 Å². The Morgan fingerprint density at radius 2 is 2.30 bits per heavy atom. The first kappa shape index (κ1) is 14.8. The van der Waals surface area contributed by atoms with Gasteiger partial charge in [-0.2, -0.15) is 5.10 Å². The maximum atomic E-state index is 12.8. The summed E-state index contributed by atoms with van der Waals surface area (Å²) in [6, 6.07) is 2.10. The largest absolute Gasteiger partial charge is 0.366 e. The Bertz CT molecular complexity index is 700. The van der Waals surface area contributed by atoms with Gasteiger partial charge in [0, 0.05) is 11.4 Å². The van der Waals surface area contributed by atoms with Crippen LogP contribution < -0.4 is 0 Å². The summed E-state index contributed by atoms with van der Waals surface area (Å²) in [5.74, 6) is 1.51. The number of amides is 1. The van der Waals surface area contributed by atoms with Crippen LogP contribution in [0.3, 0.4) is 0 Å². The number of ether oxygens (including phenoxy) is 1. The number of carbonyl (C=O) groups excluding carboxylic acids is 1. The lowest BCUT2D eigenvalue weighted by Gasteiger charge is -2.31. The van der Waals surface area contributed by atoms with Crippen LogP contribution >= 0.6 is 11.3 Å². The van der Waals surface area contributed by atoms with E-state index in [1.807, 2.05) is 11.8 Å². The van der Waals surface area contributed by atoms with Crippen molar-refractivity contribution in [2.75, 3.05) is 19.7 Å². The fraction of sp³-hybridized carbons (Fsp3) is 0.562. The summed E-state index contributed by atoms with van der Waals surface area (Å²) in [6.07, 6.45) is 4.47. The monoisotopic (exact) mass is 332 g/mol. The van der Waals surface area contributed by atoms with Crippen LogP contribution in [0.5, 0.6) is 0 Å². The fourth-order valence-corrected chi connectivity index (χ4v) is 4.47. The Hall–Kier alpha value is -1.73. The molecule has 1 amide bonds. The van der Waals surface area contributed by atoms with Crippen LogP contribution in [-0.2, 0) is 17.6 Å². The Morgan fingerprint density at radius 1 is 1.43 bits per heavy atom. The summed E-state index contributed by atoms with van der Waals surface area (Å²) in [7, 11) is 0. The number of rotatable bonds is 2. The van der Waals surface area contributed by atoms with E-state index in [0.29, 0.717) is 25.5 Å². The van der Waals surface area contributed by atoms with Gasteiger partial charge in [0.2, 0.25) is 0 Å². The molecule has 2 aliphatic rings. The van der Waals surface area contributed by atoms with Crippen molar-refractivity contribution < 1.29 is 9.53 Å². The standard InChI is InChI=1S/C16H20N4O2S/c1-10-17-15(19-18-10)12-9-20(6-7-22-12)16(21)14-8-11-4-2-3-5-13(11)23-14/h8,12H,2-7,9H2,1H3,(H,17,18,19). The molecule has 1 aliphatic heterocycles. The highest BCUT2D eigenvalue weighted by Gasteiger charge is 2.29. The maximum Gasteiger partial charge on any atom is 0.264 e. The average molecular weight is 332 g/mol. The number of H-pyrrole nitrogens is 1. The van der Waals surface area contributed by atoms with Crippen LogP contribution in [0, 0.1) is 6.92 Å². The van der Waals surface area contributed by atoms with Crippen LogP contribution in [0.15, 0.2) is 6.07 Å². The van der Waals surface area contributed by atoms with Crippen molar-refractivity contribution >= 4 is 17.2 Å². The summed E-state index contributed by atoms with van der Waals surface area (Å²) in [6.45, 7) is 3.52. The minimum absolute atomic E-state index is 0.116. The van der Waals surface area contributed by atoms with Gasteiger partial charge in [0.15, 0.2) is 5.82 Å². The maximum absolute atomic E-state index is 12.8. The van der Waals surface area contributed by atoms with Crippen LogP contribution in [-0.4, -0.2) is 45.7 Å². The minimum Gasteiger partial charge on any atom is -0.366 e. The molecule has 23 heavy (non-hydrogen) atoms. The molecule has 0 radical (unpaired) electrons. The molecule has 2 aromatic heterocycles. The summed E-state index contributed by atoms with van der Waals surface area (Å²) < 4.78 is 5.74. The molecule has 6 nitrogen and oxygen atoms in total. The van der Waals surface area contributed by atoms with Crippen molar-refractivity contribution in [1.82, 2.24) is 20.1 Å². The molecule has 0 aromatic carbocycles. The van der Waals surface area contributed by atoms with E-state index in [4.69, 9.17) is 4.74 Å². The zero-order chi connectivity index (χ0) is 15.8. The Kier molecular flexibility index (Phi) is 3.90. The number of nitrogens with one attached hydrogen (secondary N) is 1. The summed E-state index contributed by atoms with van der Waals surface area (Å²) in [5.41, 5.74) is 1.37. The third-order valence-electron chi connectivity index (χ3n) is 4.46. The number of morpholine rings is 1. The molecule has 1 fully saturated rings. The molecular formula is C16H20N4O2S. The van der Waals surface area contributed by atoms with Gasteiger partial charge in [0.25, 0.3) is 5.91 Å². The first-order valence-electron chi connectivity index (χ1n) is 8.12. The van der Waals surface area contributed by atoms with Crippen LogP contribution in [0.25, 0.3) is 0 Å². The van der Waals surface area contributed by atoms with Gasteiger partial charge < -0.3 is 9.64 Å². The molecule has 0 bridgehead atoms. The topological polar surface area (TPSA) is 71.1 Å². The molecule has 122 valence electrons. The molecular weight excluding hydrogens is 312 g/mol. The van der Waals surface area contributed by atoms with Crippen molar-refractivity contribution in [3.63, 3.8) is 0 Å². The molecule has 0 saturated carbocycles. The summed E-state index contributed by atoms with van der Waals surface area (Å²) in [5, 5.41) is 6.99. The minimum atomic E-state index is -0.243. The first-order chi connectivity index (χ1) is 11.2. The lowest BCUT2D eigenvalue weighted by Crippen LogP contribution is -2.42. The van der Waals surface area contributed by atoms with Crippen molar-refractivity contribution in [3.05, 3.63) is 33.0 Å². The second-order valence-corrected chi connectivity index (χ2v) is 7.29. The predicted molar refractivity (Wildman–Crippen MR) is 86.7 cm³/mol. The van der Waals surface area contributed by atoms with E-state index in [2.05, 4.69) is 21.2 Å². The number of carbonyl (C=O) groups is 1. The normalized spacial score (nSPS) is 21.3. The van der Waals surface area contributed by atoms with Gasteiger partial charge >= 0.3 is 0 Å². The van der Waals surface area contributed by atoms with Crippen molar-refractivity contribution in [2.24, 2.45) is 0 Å². The highest BCUT2D eigenvalue weighted by molar-refractivity contribution is 7.14. The number of fused-ring (bicyclic) bond motifs is 1. The molecule has 7 heteroatoms. The summed E-state index contributed by atoms with van der Waals surface area (Å²) in [4.78, 5) is 21.3. The molecule has 3 heterocycles. The Labute approximate surface area is 138 Å². The van der Waals surface area contributed by atoms with E-state index < -0.39 is 0 Å². The van der Waals surface area contributed by atoms with Crippen molar-refractivity contribution in [3.8, 4) is 0 Å². The van der Waals surface area contributed by atoms with E-state index in [1.165, 1.54) is 23.3 Å². The fourth-order valence-electron chi connectivity index (χ4n) is 3.25. The van der Waals surface area contributed by atoms with Gasteiger partial charge in [-0.1, -0.05) is 0 Å². The number of hydrogen-bond donors (Lipinski definition) is 1. The Morgan fingerprint density at radius 3 is 3.09 bits per heavy atom. The average Bonchev–Trinajstić information content (AvgIpc) is 3.20. The quantitative estimate of drug-likeness (QED) is 0.916. The number of thiophene rings is 1. The first-order valence-corrected chi connectivity index (χ1v) is 8.94. The smallest absolute Gasteiger partial charge is 0.264 e. The van der Waals surface area contributed by atoms with E-state index in [-0.39, 0.29) is 12.0 Å². The molecule has 0 spiro atoms. The van der Waals surface area contributed by atoms with Crippen LogP contribution in [0.4, 0.5) is 0 Å². The number of aromatic nitrogens is 3. The SMILES string of the molecule is Cc1nc(C2CN(C(=O)c3cc4c(s3)CCCC4)CCO2)n[nH]1. The number of hydrogen-bond acceptors (Lipinski definition) is 5. The summed E-state index contributed by atoms with van der Waals surface area (Å²) >= 11 is 1.67. The zero-order valence-corrected chi connectivity index (χ0v) is 14.0. The lowest BCUT2D eigenvalue weighted by atomic mass is 9.99. The predicted octanol–water partition coefficient (Wildman–Crippen LogP) is 2.27. The van der Waals surface area contributed by atoms with Gasteiger partial charge in [-0.15, -0.1) is 11.3 Å². The van der Waals surface area contributed by atoms with E-state index in [9.17, 15) is 4.79 Å². The highest BCUT2D eigenvalue weighted by atomic mass is 32.1. The van der Waals surface area contributed by atoms with Gasteiger partial charge in [0.1, 0.15) is 11.9 Å². The van der Waals surface area contributed by atoms with Gasteiger partial charge in [-0.05, 0) is 44.2 Å². The molecule has 1 unspecified atom stereocenters. The zero-order valence-electron chi connectivity index (χ0n) is 13.2. The van der Waals surface area contributed by atoms with E-state index >= 15 is 0 Å². The van der Waals surface area contributed by atoms with Gasteiger partial charge in [0.05, 0.1) is 18.0 Å². The second-order valence-electron chi connectivity index (χ2n) is 6.16. The van der Waals surface area contributed by atoms with E-state index in [0.717, 1.165) is 23.5 Å². The molecule has 4 rings (SSSR count). The van der Waals surface area contributed by atoms with Gasteiger partial charge in [-0.3, -0.25) is 9.89 Å². The third-order valence-corrected chi connectivity index (χ3v) is 5.69. The van der Waals surface area contributed by atoms with Crippen molar-refractivity contribution in [1.29, 1.82) is 0 Å². The molecule has 1 saturated heterocycles. The highest BCUT2D eigenvalue weighted by Crippen LogP contribution is 2.31. The molecule has 1 aliphatic carbocycles. The van der Waals surface area contributed by atoms with Gasteiger partial charge in [-0.25, -0.2) is 4.98 Å². The third kappa shape index (κ3) is 2.90. The number of aryl methyl sites for hydroxylation is 3. The molecule has 1 atom stereocenters. The van der Waals surface area contributed by atoms with Crippen LogP contribution in [0.2, 0.25) is 0 Å².